The molecule has 0 aliphatic rings. The summed E-state index contributed by atoms with van der Waals surface area (Å²) in [5, 5.41) is 11.9. The summed E-state index contributed by atoms with van der Waals surface area (Å²) in [6.07, 6.45) is 0.0448. The fourth-order valence-electron chi connectivity index (χ4n) is 3.13. The van der Waals surface area contributed by atoms with Gasteiger partial charge in [-0.25, -0.2) is 4.79 Å². The van der Waals surface area contributed by atoms with Crippen LogP contribution in [0.3, 0.4) is 0 Å². The van der Waals surface area contributed by atoms with Gasteiger partial charge in [-0.2, -0.15) is 0 Å². The molecular formula is C26H36BrN3O6. The van der Waals surface area contributed by atoms with Gasteiger partial charge in [0.2, 0.25) is 0 Å². The number of carbonyl (C=O) groups is 2. The third-order valence-electron chi connectivity index (χ3n) is 4.83. The Hall–Kier alpha value is -2.66. The fraction of sp³-hybridized carbons (Fsp3) is 0.462. The van der Waals surface area contributed by atoms with E-state index in [1.165, 1.54) is 4.90 Å². The lowest BCUT2D eigenvalue weighted by Gasteiger charge is -2.27. The molecule has 9 nitrogen and oxygen atoms in total. The molecule has 0 saturated carbocycles. The van der Waals surface area contributed by atoms with Crippen LogP contribution < -0.4 is 11.1 Å². The average Bonchev–Trinajstić information content (AvgIpc) is 2.81. The minimum atomic E-state index is -0.588. The first-order chi connectivity index (χ1) is 17.1. The lowest BCUT2D eigenvalue weighted by atomic mass is 10.1. The second kappa shape index (κ2) is 14.8. The zero-order valence-electron chi connectivity index (χ0n) is 21.1. The molecule has 0 aliphatic carbocycles. The number of ether oxygens (including phenoxy) is 3. The van der Waals surface area contributed by atoms with Crippen LogP contribution in [0.5, 0.6) is 0 Å². The molecule has 2 rings (SSSR count). The fourth-order valence-corrected chi connectivity index (χ4v) is 3.49. The predicted molar refractivity (Wildman–Crippen MR) is 143 cm³/mol. The number of hydrogen-bond acceptors (Lipinski definition) is 7. The van der Waals surface area contributed by atoms with Crippen LogP contribution in [0.25, 0.3) is 0 Å². The molecule has 198 valence electrons. The van der Waals surface area contributed by atoms with E-state index in [1.807, 2.05) is 39.0 Å². The SMILES string of the molecule is CC(C)(C)OC(=O)N(CCCO)CCOCCOCc1cccc(NC(=O)c2cc(Br)ccc2N)c1. The number of aliphatic hydroxyl groups excluding tert-OH is 1. The molecule has 0 fully saturated rings. The number of nitrogens with two attached hydrogens (primary N) is 1. The number of nitrogen functional groups attached to an aromatic ring is 1. The number of halogens is 1. The molecule has 0 radical (unpaired) electrons. The van der Waals surface area contributed by atoms with Crippen molar-refractivity contribution in [3.8, 4) is 0 Å². The summed E-state index contributed by atoms with van der Waals surface area (Å²) in [4.78, 5) is 26.4. The van der Waals surface area contributed by atoms with E-state index in [2.05, 4.69) is 21.2 Å². The number of amides is 2. The van der Waals surface area contributed by atoms with E-state index in [9.17, 15) is 9.59 Å². The van der Waals surface area contributed by atoms with Crippen LogP contribution in [0, 0.1) is 0 Å². The second-order valence-electron chi connectivity index (χ2n) is 9.10. The van der Waals surface area contributed by atoms with Crippen molar-refractivity contribution in [1.29, 1.82) is 0 Å². The lowest BCUT2D eigenvalue weighted by molar-refractivity contribution is 0.00838. The number of carbonyl (C=O) groups excluding carboxylic acids is 2. The molecule has 10 heteroatoms. The first-order valence-corrected chi connectivity index (χ1v) is 12.6. The van der Waals surface area contributed by atoms with Gasteiger partial charge in [0.1, 0.15) is 5.60 Å². The molecule has 0 spiro atoms. The van der Waals surface area contributed by atoms with E-state index < -0.39 is 11.7 Å². The number of nitrogens with one attached hydrogen (secondary N) is 1. The van der Waals surface area contributed by atoms with Crippen molar-refractivity contribution >= 4 is 39.3 Å². The summed E-state index contributed by atoms with van der Waals surface area (Å²) in [7, 11) is 0. The van der Waals surface area contributed by atoms with Gasteiger partial charge >= 0.3 is 6.09 Å². The van der Waals surface area contributed by atoms with E-state index in [0.717, 1.165) is 10.0 Å². The van der Waals surface area contributed by atoms with Gasteiger partial charge in [-0.05, 0) is 63.1 Å². The molecule has 0 unspecified atom stereocenters. The maximum Gasteiger partial charge on any atom is 0.410 e. The Bertz CT molecular complexity index is 996. The number of anilines is 2. The van der Waals surface area contributed by atoms with Crippen molar-refractivity contribution in [3.05, 3.63) is 58.1 Å². The first-order valence-electron chi connectivity index (χ1n) is 11.8. The van der Waals surface area contributed by atoms with Crippen LogP contribution in [-0.4, -0.2) is 67.1 Å². The Morgan fingerprint density at radius 1 is 1.06 bits per heavy atom. The third kappa shape index (κ3) is 10.9. The smallest absolute Gasteiger partial charge is 0.410 e. The van der Waals surface area contributed by atoms with Crippen molar-refractivity contribution in [3.63, 3.8) is 0 Å². The van der Waals surface area contributed by atoms with Gasteiger partial charge in [0.25, 0.3) is 5.91 Å². The molecule has 0 aromatic heterocycles. The molecule has 0 atom stereocenters. The molecule has 0 aliphatic heterocycles. The van der Waals surface area contributed by atoms with Gasteiger partial charge in [-0.15, -0.1) is 0 Å². The summed E-state index contributed by atoms with van der Waals surface area (Å²) in [5.41, 5.74) is 7.66. The summed E-state index contributed by atoms with van der Waals surface area (Å²) in [5.74, 6) is -0.292. The second-order valence-corrected chi connectivity index (χ2v) is 10.0. The Labute approximate surface area is 221 Å². The van der Waals surface area contributed by atoms with Crippen LogP contribution in [0.4, 0.5) is 16.2 Å². The number of aliphatic hydroxyl groups is 1. The van der Waals surface area contributed by atoms with E-state index >= 15 is 0 Å². The minimum Gasteiger partial charge on any atom is -0.444 e. The summed E-state index contributed by atoms with van der Waals surface area (Å²) in [6, 6.07) is 12.5. The summed E-state index contributed by atoms with van der Waals surface area (Å²) >= 11 is 3.35. The number of benzene rings is 2. The van der Waals surface area contributed by atoms with Gasteiger partial charge in [-0.1, -0.05) is 28.1 Å². The van der Waals surface area contributed by atoms with Gasteiger partial charge in [0.05, 0.1) is 32.0 Å². The zero-order chi connectivity index (χ0) is 26.6. The molecule has 2 aromatic carbocycles. The molecule has 0 bridgehead atoms. The quantitative estimate of drug-likeness (QED) is 0.242. The molecule has 36 heavy (non-hydrogen) atoms. The highest BCUT2D eigenvalue weighted by Gasteiger charge is 2.21. The molecule has 0 saturated heterocycles. The van der Waals surface area contributed by atoms with E-state index in [1.54, 1.807) is 24.3 Å². The van der Waals surface area contributed by atoms with Gasteiger partial charge in [-0.3, -0.25) is 4.79 Å². The van der Waals surface area contributed by atoms with Crippen LogP contribution in [0.2, 0.25) is 0 Å². The van der Waals surface area contributed by atoms with E-state index in [-0.39, 0.29) is 12.5 Å². The van der Waals surface area contributed by atoms with Crippen LogP contribution in [0.1, 0.15) is 43.1 Å². The van der Waals surface area contributed by atoms with Crippen molar-refractivity contribution in [1.82, 2.24) is 4.90 Å². The Morgan fingerprint density at radius 3 is 2.53 bits per heavy atom. The normalized spacial score (nSPS) is 11.2. The van der Waals surface area contributed by atoms with E-state index in [4.69, 9.17) is 25.1 Å². The summed E-state index contributed by atoms with van der Waals surface area (Å²) in [6.45, 7) is 7.60. The maximum absolute atomic E-state index is 12.6. The van der Waals surface area contributed by atoms with Gasteiger partial charge in [0.15, 0.2) is 0 Å². The van der Waals surface area contributed by atoms with E-state index in [0.29, 0.717) is 62.9 Å². The largest absolute Gasteiger partial charge is 0.444 e. The third-order valence-corrected chi connectivity index (χ3v) is 5.32. The lowest BCUT2D eigenvalue weighted by Crippen LogP contribution is -2.39. The highest BCUT2D eigenvalue weighted by molar-refractivity contribution is 9.10. The molecule has 4 N–H and O–H groups in total. The monoisotopic (exact) mass is 565 g/mol. The van der Waals surface area contributed by atoms with Crippen LogP contribution in [0.15, 0.2) is 46.9 Å². The minimum absolute atomic E-state index is 0.00301. The van der Waals surface area contributed by atoms with Crippen molar-refractivity contribution < 1.29 is 28.9 Å². The number of hydrogen-bond donors (Lipinski definition) is 3. The highest BCUT2D eigenvalue weighted by Crippen LogP contribution is 2.20. The van der Waals surface area contributed by atoms with Crippen molar-refractivity contribution in [2.75, 3.05) is 50.6 Å². The topological polar surface area (TPSA) is 123 Å². The van der Waals surface area contributed by atoms with Crippen molar-refractivity contribution in [2.45, 2.75) is 39.4 Å². The molecule has 2 aromatic rings. The Morgan fingerprint density at radius 2 is 1.81 bits per heavy atom. The Balaban J connectivity index is 1.73. The molecule has 2 amide bonds. The van der Waals surface area contributed by atoms with Gasteiger partial charge < -0.3 is 35.3 Å². The molecule has 0 heterocycles. The van der Waals surface area contributed by atoms with Crippen LogP contribution >= 0.6 is 15.9 Å². The first kappa shape index (κ1) is 29.6. The predicted octanol–water partition coefficient (Wildman–Crippen LogP) is 4.44. The number of rotatable bonds is 13. The highest BCUT2D eigenvalue weighted by atomic mass is 79.9. The average molecular weight is 566 g/mol. The standard InChI is InChI=1S/C26H36BrN3O6/c1-26(2,3)36-25(33)30(10-5-12-31)11-13-34-14-15-35-18-19-6-4-7-21(16-19)29-24(32)22-17-20(27)8-9-23(22)28/h4,6-9,16-17,31H,5,10-15,18,28H2,1-3H3,(H,29,32). The number of nitrogens with zero attached hydrogens (tertiary/aromatic N) is 1. The molecular weight excluding hydrogens is 530 g/mol. The van der Waals surface area contributed by atoms with Crippen molar-refractivity contribution in [2.24, 2.45) is 0 Å². The summed E-state index contributed by atoms with van der Waals surface area (Å²) < 4.78 is 17.5. The zero-order valence-corrected chi connectivity index (χ0v) is 22.7. The Kier molecular flexibility index (Phi) is 12.1. The van der Waals surface area contributed by atoms with Crippen LogP contribution in [-0.2, 0) is 20.8 Å². The van der Waals surface area contributed by atoms with Gasteiger partial charge in [0, 0.05) is 35.5 Å². The maximum atomic E-state index is 12.6.